The monoisotopic (exact) mass is 268 g/mol. The number of hydrogen-bond acceptors (Lipinski definition) is 3. The lowest BCUT2D eigenvalue weighted by Gasteiger charge is -2.42. The number of carbonyl (C=O) groups is 1. The highest BCUT2D eigenvalue weighted by molar-refractivity contribution is 5.83. The Balaban J connectivity index is 2.00. The van der Waals surface area contributed by atoms with E-state index in [0.717, 1.165) is 58.0 Å². The van der Waals surface area contributed by atoms with Crippen molar-refractivity contribution in [1.29, 1.82) is 0 Å². The van der Waals surface area contributed by atoms with Crippen LogP contribution >= 0.6 is 0 Å². The van der Waals surface area contributed by atoms with Gasteiger partial charge in [0.15, 0.2) is 0 Å². The van der Waals surface area contributed by atoms with Crippen molar-refractivity contribution in [2.24, 2.45) is 17.1 Å². The molecule has 3 N–H and O–H groups in total. The lowest BCUT2D eigenvalue weighted by atomic mass is 9.72. The van der Waals surface area contributed by atoms with Gasteiger partial charge < -0.3 is 15.7 Å². The molecule has 0 aromatic heterocycles. The third kappa shape index (κ3) is 3.29. The number of hydrogen-bond donors (Lipinski definition) is 2. The Morgan fingerprint density at radius 2 is 2.00 bits per heavy atom. The Morgan fingerprint density at radius 1 is 1.26 bits per heavy atom. The van der Waals surface area contributed by atoms with Crippen molar-refractivity contribution in [2.75, 3.05) is 26.2 Å². The second-order valence-corrected chi connectivity index (χ2v) is 6.32. The van der Waals surface area contributed by atoms with Crippen LogP contribution in [0.5, 0.6) is 0 Å². The first kappa shape index (κ1) is 14.8. The first-order chi connectivity index (χ1) is 9.22. The Hall–Kier alpha value is -0.610. The topological polar surface area (TPSA) is 66.6 Å². The summed E-state index contributed by atoms with van der Waals surface area (Å²) >= 11 is 0. The van der Waals surface area contributed by atoms with Gasteiger partial charge in [-0.1, -0.05) is 19.3 Å². The minimum Gasteiger partial charge on any atom is -0.396 e. The SMILES string of the molecule is NCC1(C(=O)N2CCCC(CCO)C2)CCCCC1. The molecule has 1 aliphatic heterocycles. The molecule has 0 bridgehead atoms. The molecule has 1 aliphatic carbocycles. The fraction of sp³-hybridized carbons (Fsp3) is 0.933. The zero-order valence-corrected chi connectivity index (χ0v) is 11.9. The van der Waals surface area contributed by atoms with Crippen molar-refractivity contribution in [3.63, 3.8) is 0 Å². The zero-order valence-electron chi connectivity index (χ0n) is 11.9. The number of nitrogens with two attached hydrogens (primary N) is 1. The van der Waals surface area contributed by atoms with Gasteiger partial charge in [0, 0.05) is 26.2 Å². The van der Waals surface area contributed by atoms with Gasteiger partial charge in [0.1, 0.15) is 0 Å². The maximum Gasteiger partial charge on any atom is 0.230 e. The van der Waals surface area contributed by atoms with Crippen molar-refractivity contribution >= 4 is 5.91 Å². The van der Waals surface area contributed by atoms with Crippen molar-refractivity contribution in [3.05, 3.63) is 0 Å². The smallest absolute Gasteiger partial charge is 0.230 e. The van der Waals surface area contributed by atoms with E-state index in [0.29, 0.717) is 12.5 Å². The third-order valence-electron chi connectivity index (χ3n) is 5.00. The van der Waals surface area contributed by atoms with E-state index in [1.807, 2.05) is 4.90 Å². The molecule has 0 aromatic rings. The Bertz CT molecular complexity index is 299. The number of carbonyl (C=O) groups excluding carboxylic acids is 1. The van der Waals surface area contributed by atoms with E-state index in [1.54, 1.807) is 0 Å². The van der Waals surface area contributed by atoms with E-state index in [-0.39, 0.29) is 17.9 Å². The summed E-state index contributed by atoms with van der Waals surface area (Å²) in [6.07, 6.45) is 8.46. The van der Waals surface area contributed by atoms with Crippen molar-refractivity contribution < 1.29 is 9.90 Å². The van der Waals surface area contributed by atoms with E-state index < -0.39 is 0 Å². The molecular formula is C15H28N2O2. The van der Waals surface area contributed by atoms with Crippen LogP contribution < -0.4 is 5.73 Å². The molecule has 2 fully saturated rings. The molecule has 0 radical (unpaired) electrons. The second kappa shape index (κ2) is 6.71. The van der Waals surface area contributed by atoms with Crippen LogP contribution in [-0.4, -0.2) is 42.2 Å². The number of amides is 1. The Kier molecular flexibility index (Phi) is 5.22. The van der Waals surface area contributed by atoms with Gasteiger partial charge in [-0.05, 0) is 38.0 Å². The fourth-order valence-corrected chi connectivity index (χ4v) is 3.74. The summed E-state index contributed by atoms with van der Waals surface area (Å²) in [5.41, 5.74) is 5.67. The predicted octanol–water partition coefficient (Wildman–Crippen LogP) is 1.52. The molecule has 2 rings (SSSR count). The number of piperidine rings is 1. The molecule has 2 aliphatic rings. The number of aliphatic hydroxyl groups is 1. The average molecular weight is 268 g/mol. The summed E-state index contributed by atoms with van der Waals surface area (Å²) in [6, 6.07) is 0. The highest BCUT2D eigenvalue weighted by Gasteiger charge is 2.41. The van der Waals surface area contributed by atoms with Gasteiger partial charge in [-0.3, -0.25) is 4.79 Å². The summed E-state index contributed by atoms with van der Waals surface area (Å²) in [6.45, 7) is 2.42. The summed E-state index contributed by atoms with van der Waals surface area (Å²) in [5.74, 6) is 0.762. The summed E-state index contributed by atoms with van der Waals surface area (Å²) in [5, 5.41) is 9.07. The predicted molar refractivity (Wildman–Crippen MR) is 75.6 cm³/mol. The maximum absolute atomic E-state index is 12.8. The van der Waals surface area contributed by atoms with E-state index in [2.05, 4.69) is 0 Å². The fourth-order valence-electron chi connectivity index (χ4n) is 3.74. The molecule has 110 valence electrons. The summed E-state index contributed by atoms with van der Waals surface area (Å²) in [7, 11) is 0. The molecule has 4 heteroatoms. The first-order valence-corrected chi connectivity index (χ1v) is 7.82. The maximum atomic E-state index is 12.8. The molecule has 1 unspecified atom stereocenters. The van der Waals surface area contributed by atoms with Gasteiger partial charge in [-0.25, -0.2) is 0 Å². The molecule has 1 saturated carbocycles. The third-order valence-corrected chi connectivity index (χ3v) is 5.00. The molecule has 1 heterocycles. The van der Waals surface area contributed by atoms with E-state index in [1.165, 1.54) is 6.42 Å². The lowest BCUT2D eigenvalue weighted by molar-refractivity contribution is -0.145. The van der Waals surface area contributed by atoms with Gasteiger partial charge in [0.2, 0.25) is 5.91 Å². The molecular weight excluding hydrogens is 240 g/mol. The lowest BCUT2D eigenvalue weighted by Crippen LogP contribution is -2.52. The molecule has 19 heavy (non-hydrogen) atoms. The largest absolute Gasteiger partial charge is 0.396 e. The number of likely N-dealkylation sites (tertiary alicyclic amines) is 1. The first-order valence-electron chi connectivity index (χ1n) is 7.82. The molecule has 1 atom stereocenters. The van der Waals surface area contributed by atoms with Crippen LogP contribution in [-0.2, 0) is 4.79 Å². The van der Waals surface area contributed by atoms with Gasteiger partial charge in [0.25, 0.3) is 0 Å². The van der Waals surface area contributed by atoms with Crippen LogP contribution in [0.3, 0.4) is 0 Å². The minimum absolute atomic E-state index is 0.231. The minimum atomic E-state index is -0.278. The highest BCUT2D eigenvalue weighted by atomic mass is 16.3. The Labute approximate surface area is 116 Å². The van der Waals surface area contributed by atoms with E-state index in [9.17, 15) is 4.79 Å². The normalized spacial score (nSPS) is 27.3. The van der Waals surface area contributed by atoms with Crippen LogP contribution in [0, 0.1) is 11.3 Å². The molecule has 1 amide bonds. The summed E-state index contributed by atoms with van der Waals surface area (Å²) < 4.78 is 0. The average Bonchev–Trinajstić information content (AvgIpc) is 2.48. The van der Waals surface area contributed by atoms with Crippen molar-refractivity contribution in [1.82, 2.24) is 4.90 Å². The Morgan fingerprint density at radius 3 is 2.63 bits per heavy atom. The van der Waals surface area contributed by atoms with Crippen LogP contribution in [0.1, 0.15) is 51.4 Å². The second-order valence-electron chi connectivity index (χ2n) is 6.32. The summed E-state index contributed by atoms with van der Waals surface area (Å²) in [4.78, 5) is 14.9. The van der Waals surface area contributed by atoms with Crippen molar-refractivity contribution in [2.45, 2.75) is 51.4 Å². The number of aliphatic hydroxyl groups excluding tert-OH is 1. The number of nitrogens with zero attached hydrogens (tertiary/aromatic N) is 1. The number of rotatable bonds is 4. The van der Waals surface area contributed by atoms with Crippen LogP contribution in [0.4, 0.5) is 0 Å². The molecule has 4 nitrogen and oxygen atoms in total. The van der Waals surface area contributed by atoms with Crippen LogP contribution in [0.2, 0.25) is 0 Å². The van der Waals surface area contributed by atoms with Crippen LogP contribution in [0.15, 0.2) is 0 Å². The van der Waals surface area contributed by atoms with Crippen LogP contribution in [0.25, 0.3) is 0 Å². The molecule has 0 spiro atoms. The zero-order chi connectivity index (χ0) is 13.7. The molecule has 0 aromatic carbocycles. The van der Waals surface area contributed by atoms with Gasteiger partial charge in [-0.2, -0.15) is 0 Å². The quantitative estimate of drug-likeness (QED) is 0.812. The standard InChI is InChI=1S/C15H28N2O2/c16-12-15(7-2-1-3-8-15)14(19)17-9-4-5-13(11-17)6-10-18/h13,18H,1-12,16H2. The van der Waals surface area contributed by atoms with Crippen molar-refractivity contribution in [3.8, 4) is 0 Å². The van der Waals surface area contributed by atoms with Gasteiger partial charge in [0.05, 0.1) is 5.41 Å². The van der Waals surface area contributed by atoms with Gasteiger partial charge >= 0.3 is 0 Å². The van der Waals surface area contributed by atoms with Gasteiger partial charge in [-0.15, -0.1) is 0 Å². The molecule has 1 saturated heterocycles. The highest BCUT2D eigenvalue weighted by Crippen LogP contribution is 2.38. The van der Waals surface area contributed by atoms with E-state index >= 15 is 0 Å². The van der Waals surface area contributed by atoms with E-state index in [4.69, 9.17) is 10.8 Å².